The number of sulfonamides is 1. The van der Waals surface area contributed by atoms with Gasteiger partial charge < -0.3 is 9.74 Å². The summed E-state index contributed by atoms with van der Waals surface area (Å²) < 4.78 is 63.9. The van der Waals surface area contributed by atoms with Gasteiger partial charge >= 0.3 is 5.97 Å². The number of imide groups is 1. The molecule has 2 amide bonds. The normalized spacial score (nSPS) is 21.5. The van der Waals surface area contributed by atoms with E-state index in [1.807, 2.05) is 59.1 Å². The lowest BCUT2D eigenvalue weighted by atomic mass is 9.77. The SMILES string of the molecule is CN1/C(=C/C=C2\CCCC(/C=C/C3=[N+](C)c4ccc(S(=O)(=O)O)cc4C3(C)C)=C2Sc2ccccc2)C(C)(CCCC(=O)ON2C(=O)CCC2=O)c2cc(S(=O)(=O)N(C)C)ccc21. The monoisotopic (exact) mass is 913 g/mol. The third-order valence-electron chi connectivity index (χ3n) is 12.5. The zero-order chi connectivity index (χ0) is 45.6. The van der Waals surface area contributed by atoms with Crippen molar-refractivity contribution in [3.05, 3.63) is 124 Å². The van der Waals surface area contributed by atoms with Gasteiger partial charge in [-0.15, -0.1) is 5.06 Å². The Labute approximate surface area is 374 Å². The number of benzene rings is 3. The highest BCUT2D eigenvalue weighted by molar-refractivity contribution is 8.03. The van der Waals surface area contributed by atoms with Gasteiger partial charge in [-0.2, -0.15) is 13.0 Å². The second-order valence-electron chi connectivity index (χ2n) is 17.2. The number of anilines is 1. The fourth-order valence-electron chi connectivity index (χ4n) is 9.00. The molecule has 0 saturated carbocycles. The Balaban J connectivity index is 1.27. The van der Waals surface area contributed by atoms with Crippen LogP contribution in [-0.2, 0) is 50.2 Å². The van der Waals surface area contributed by atoms with Gasteiger partial charge in [-0.1, -0.05) is 42.1 Å². The van der Waals surface area contributed by atoms with Gasteiger partial charge in [0, 0.05) is 84.7 Å². The second-order valence-corrected chi connectivity index (χ2v) is 21.8. The number of carbonyl (C=O) groups is 3. The fourth-order valence-corrected chi connectivity index (χ4v) is 11.6. The lowest BCUT2D eigenvalue weighted by Crippen LogP contribution is -2.32. The van der Waals surface area contributed by atoms with E-state index >= 15 is 0 Å². The maximum absolute atomic E-state index is 13.4. The van der Waals surface area contributed by atoms with E-state index in [-0.39, 0.29) is 29.1 Å². The quantitative estimate of drug-likeness (QED) is 0.101. The maximum Gasteiger partial charge on any atom is 0.333 e. The topological polar surface area (TPSA) is 162 Å². The van der Waals surface area contributed by atoms with Crippen molar-refractivity contribution in [3.8, 4) is 0 Å². The van der Waals surface area contributed by atoms with Gasteiger partial charge in [0.2, 0.25) is 15.7 Å². The third-order valence-corrected chi connectivity index (χ3v) is 16.4. The highest BCUT2D eigenvalue weighted by atomic mass is 32.2. The summed E-state index contributed by atoms with van der Waals surface area (Å²) in [5.41, 5.74) is 6.11. The molecule has 1 unspecified atom stereocenters. The van der Waals surface area contributed by atoms with Crippen molar-refractivity contribution in [2.24, 2.45) is 0 Å². The van der Waals surface area contributed by atoms with Gasteiger partial charge in [0.1, 0.15) is 7.05 Å². The number of rotatable bonds is 13. The van der Waals surface area contributed by atoms with E-state index in [9.17, 15) is 35.8 Å². The summed E-state index contributed by atoms with van der Waals surface area (Å²) in [5.74, 6) is -1.79. The Kier molecular flexibility index (Phi) is 12.7. The molecule has 1 fully saturated rings. The largest absolute Gasteiger partial charge is 0.347 e. The van der Waals surface area contributed by atoms with Crippen molar-refractivity contribution in [2.45, 2.75) is 97.7 Å². The smallest absolute Gasteiger partial charge is 0.333 e. The van der Waals surface area contributed by atoms with E-state index in [2.05, 4.69) is 45.9 Å². The van der Waals surface area contributed by atoms with Gasteiger partial charge in [0.25, 0.3) is 21.9 Å². The van der Waals surface area contributed by atoms with Crippen LogP contribution in [0.5, 0.6) is 0 Å². The van der Waals surface area contributed by atoms with Crippen LogP contribution in [0.2, 0.25) is 0 Å². The minimum absolute atomic E-state index is 0.000167. The third kappa shape index (κ3) is 8.88. The van der Waals surface area contributed by atoms with Gasteiger partial charge in [-0.25, -0.2) is 17.5 Å². The van der Waals surface area contributed by atoms with E-state index < -0.39 is 48.8 Å². The minimum Gasteiger partial charge on any atom is -0.347 e. The number of nitrogens with zero attached hydrogens (tertiary/aromatic N) is 4. The maximum atomic E-state index is 13.4. The number of allylic oxidation sites excluding steroid dienone is 7. The Hall–Kier alpha value is -5.13. The number of hydrogen-bond acceptors (Lipinski definition) is 10. The Bertz CT molecular complexity index is 2770. The minimum atomic E-state index is -4.38. The number of thioether (sulfide) groups is 1. The molecule has 3 aromatic rings. The summed E-state index contributed by atoms with van der Waals surface area (Å²) in [5, 5.41) is 0.553. The number of carbonyl (C=O) groups excluding carboxylic acids is 3. The van der Waals surface area contributed by atoms with Crippen LogP contribution in [0.4, 0.5) is 11.4 Å². The fraction of sp³-hybridized carbons (Fsp3) is 0.362. The number of likely N-dealkylation sites (N-methyl/N-ethyl adjacent to an activating group) is 1. The van der Waals surface area contributed by atoms with E-state index in [0.29, 0.717) is 17.9 Å². The second kappa shape index (κ2) is 17.4. The predicted octanol–water partition coefficient (Wildman–Crippen LogP) is 7.97. The molecule has 63 heavy (non-hydrogen) atoms. The van der Waals surface area contributed by atoms with Crippen LogP contribution in [-0.4, -0.2) is 87.0 Å². The lowest BCUT2D eigenvalue weighted by Gasteiger charge is -2.29. The number of fused-ring (bicyclic) bond motifs is 2. The molecule has 1 aliphatic carbocycles. The molecule has 0 spiro atoms. The van der Waals surface area contributed by atoms with Gasteiger partial charge in [-0.3, -0.25) is 14.1 Å². The number of hydroxylamine groups is 2. The first-order valence-corrected chi connectivity index (χ1v) is 24.5. The van der Waals surface area contributed by atoms with Gasteiger partial charge in [0.05, 0.1) is 15.2 Å². The van der Waals surface area contributed by atoms with Crippen molar-refractivity contribution in [2.75, 3.05) is 33.1 Å². The molecule has 0 bridgehead atoms. The Morgan fingerprint density at radius 3 is 2.22 bits per heavy atom. The van der Waals surface area contributed by atoms with E-state index in [1.165, 1.54) is 24.5 Å². The first-order valence-electron chi connectivity index (χ1n) is 20.8. The Morgan fingerprint density at radius 2 is 1.56 bits per heavy atom. The first kappa shape index (κ1) is 45.9. The van der Waals surface area contributed by atoms with Crippen molar-refractivity contribution < 1.29 is 45.2 Å². The van der Waals surface area contributed by atoms with Crippen LogP contribution in [0.3, 0.4) is 0 Å². The van der Waals surface area contributed by atoms with Crippen molar-refractivity contribution >= 4 is 66.8 Å². The molecule has 7 rings (SSSR count). The molecule has 3 aliphatic heterocycles. The van der Waals surface area contributed by atoms with Crippen LogP contribution in [0.1, 0.15) is 83.3 Å². The van der Waals surface area contributed by atoms with Crippen LogP contribution in [0.15, 0.2) is 127 Å². The van der Waals surface area contributed by atoms with Crippen LogP contribution < -0.4 is 4.90 Å². The molecule has 1 saturated heterocycles. The highest BCUT2D eigenvalue weighted by Gasteiger charge is 2.45. The van der Waals surface area contributed by atoms with Gasteiger partial charge in [0.15, 0.2) is 5.71 Å². The molecule has 0 aromatic heterocycles. The van der Waals surface area contributed by atoms with Crippen molar-refractivity contribution in [1.82, 2.24) is 9.37 Å². The summed E-state index contributed by atoms with van der Waals surface area (Å²) in [4.78, 5) is 46.6. The molecule has 4 aliphatic rings. The molecule has 0 radical (unpaired) electrons. The van der Waals surface area contributed by atoms with Crippen molar-refractivity contribution in [3.63, 3.8) is 0 Å². The highest BCUT2D eigenvalue weighted by Crippen LogP contribution is 2.51. The van der Waals surface area contributed by atoms with Crippen LogP contribution in [0, 0.1) is 0 Å². The molecular formula is C47H53N4O9S3+. The number of amides is 2. The summed E-state index contributed by atoms with van der Waals surface area (Å²) in [6, 6.07) is 20.0. The lowest BCUT2D eigenvalue weighted by molar-refractivity contribution is -0.401. The molecule has 1 atom stereocenters. The molecule has 3 aromatic carbocycles. The van der Waals surface area contributed by atoms with Gasteiger partial charge in [-0.05, 0) is 118 Å². The molecule has 1 N–H and O–H groups in total. The zero-order valence-electron chi connectivity index (χ0n) is 36.5. The summed E-state index contributed by atoms with van der Waals surface area (Å²) in [6.07, 6.45) is 11.7. The molecule has 16 heteroatoms. The molecular weight excluding hydrogens is 861 g/mol. The standard InChI is InChI=1S/C47H52N4O9S3/c1-46(2)36-30-35(63(57,58)59)21-23-38(36)49(6)40(46)24-18-31-13-11-14-32(45(31)61-33-15-9-8-10-16-33)19-25-41-47(3,28-12-17-44(54)60-51-42(52)26-27-43(51)53)37-29-34(62(55,56)48(4)5)20-22-39(37)50(41)7/h8-10,15-16,18-25,29-30H,11-14,17,26-28H2,1-7H3/p+1. The average molecular weight is 914 g/mol. The van der Waals surface area contributed by atoms with E-state index in [1.54, 1.807) is 36.0 Å². The summed E-state index contributed by atoms with van der Waals surface area (Å²) in [7, 11) is -1.27. The molecule has 3 heterocycles. The van der Waals surface area contributed by atoms with Crippen LogP contribution >= 0.6 is 11.8 Å². The Morgan fingerprint density at radius 1 is 0.889 bits per heavy atom. The van der Waals surface area contributed by atoms with E-state index in [0.717, 1.165) is 74.1 Å². The van der Waals surface area contributed by atoms with Crippen molar-refractivity contribution in [1.29, 1.82) is 0 Å². The zero-order valence-corrected chi connectivity index (χ0v) is 39.0. The molecule has 13 nitrogen and oxygen atoms in total. The van der Waals surface area contributed by atoms with E-state index in [4.69, 9.17) is 4.84 Å². The average Bonchev–Trinajstić information content (AvgIpc) is 3.73. The predicted molar refractivity (Wildman–Crippen MR) is 243 cm³/mol. The summed E-state index contributed by atoms with van der Waals surface area (Å²) in [6.45, 7) is 6.13. The first-order chi connectivity index (χ1) is 29.6. The summed E-state index contributed by atoms with van der Waals surface area (Å²) >= 11 is 1.69. The van der Waals surface area contributed by atoms with Crippen LogP contribution in [0.25, 0.3) is 0 Å². The molecule has 332 valence electrons. The number of hydrogen-bond donors (Lipinski definition) is 1.